The van der Waals surface area contributed by atoms with Crippen molar-refractivity contribution in [3.8, 4) is 17.3 Å². The van der Waals surface area contributed by atoms with Crippen LogP contribution in [0, 0.1) is 18.3 Å². The summed E-state index contributed by atoms with van der Waals surface area (Å²) in [5.41, 5.74) is 4.43. The quantitative estimate of drug-likeness (QED) is 0.826. The van der Waals surface area contributed by atoms with Gasteiger partial charge in [0.05, 0.1) is 22.0 Å². The molecule has 0 N–H and O–H groups in total. The van der Waals surface area contributed by atoms with E-state index >= 15 is 0 Å². The Bertz CT molecular complexity index is 774. The van der Waals surface area contributed by atoms with Crippen LogP contribution < -0.4 is 4.90 Å². The highest BCUT2D eigenvalue weighted by Crippen LogP contribution is 2.46. The highest BCUT2D eigenvalue weighted by atomic mass is 32.2. The molecule has 0 saturated heterocycles. The van der Waals surface area contributed by atoms with Gasteiger partial charge in [-0.15, -0.1) is 0 Å². The molecule has 0 bridgehead atoms. The maximum absolute atomic E-state index is 9.27. The molecule has 1 aliphatic rings. The maximum atomic E-state index is 9.27. The molecule has 0 amide bonds. The number of pyridine rings is 1. The average Bonchev–Trinajstić information content (AvgIpc) is 2.81. The van der Waals surface area contributed by atoms with E-state index in [1.165, 1.54) is 10.6 Å². The minimum atomic E-state index is 0.606. The molecule has 2 heterocycles. The lowest BCUT2D eigenvalue weighted by molar-refractivity contribution is 1.01. The zero-order valence-corrected chi connectivity index (χ0v) is 12.9. The van der Waals surface area contributed by atoms with Gasteiger partial charge in [-0.2, -0.15) is 5.26 Å². The minimum Gasteiger partial charge on any atom is -0.336 e. The second-order valence-corrected chi connectivity index (χ2v) is 6.00. The molecule has 0 saturated carbocycles. The molecule has 0 aliphatic carbocycles. The molecule has 1 aromatic carbocycles. The minimum absolute atomic E-state index is 0.606. The summed E-state index contributed by atoms with van der Waals surface area (Å²) in [6.07, 6.45) is 0. The smallest absolute Gasteiger partial charge is 0.101 e. The highest BCUT2D eigenvalue weighted by molar-refractivity contribution is 8.03. The van der Waals surface area contributed by atoms with Gasteiger partial charge in [-0.05, 0) is 38.1 Å². The number of benzene rings is 1. The van der Waals surface area contributed by atoms with Gasteiger partial charge in [0, 0.05) is 22.7 Å². The lowest BCUT2D eigenvalue weighted by Gasteiger charge is -2.16. The number of fused-ring (bicyclic) bond motifs is 1. The lowest BCUT2D eigenvalue weighted by atomic mass is 10.1. The van der Waals surface area contributed by atoms with E-state index in [1.807, 2.05) is 25.1 Å². The summed E-state index contributed by atoms with van der Waals surface area (Å²) in [6.45, 7) is 9.05. The molecule has 4 heteroatoms. The summed E-state index contributed by atoms with van der Waals surface area (Å²) in [4.78, 5) is 7.90. The van der Waals surface area contributed by atoms with Crippen molar-refractivity contribution < 1.29 is 0 Å². The first-order valence-corrected chi connectivity index (χ1v) is 7.62. The van der Waals surface area contributed by atoms with E-state index in [4.69, 9.17) is 0 Å². The van der Waals surface area contributed by atoms with Gasteiger partial charge in [-0.1, -0.05) is 24.4 Å². The number of nitrogens with zero attached hydrogens (tertiary/aromatic N) is 3. The first-order valence-electron chi connectivity index (χ1n) is 6.80. The van der Waals surface area contributed by atoms with Gasteiger partial charge in [0.2, 0.25) is 0 Å². The van der Waals surface area contributed by atoms with Crippen molar-refractivity contribution in [3.05, 3.63) is 53.2 Å². The van der Waals surface area contributed by atoms with Crippen LogP contribution in [0.2, 0.25) is 0 Å². The first-order chi connectivity index (χ1) is 10.1. The molecule has 1 aromatic heterocycles. The number of rotatable bonds is 2. The zero-order chi connectivity index (χ0) is 15.0. The Morgan fingerprint density at radius 3 is 2.86 bits per heavy atom. The number of aryl methyl sites for hydroxylation is 1. The van der Waals surface area contributed by atoms with E-state index in [2.05, 4.69) is 41.6 Å². The van der Waals surface area contributed by atoms with Crippen molar-refractivity contribution in [2.75, 3.05) is 11.4 Å². The van der Waals surface area contributed by atoms with Crippen LogP contribution in [0.5, 0.6) is 0 Å². The zero-order valence-electron chi connectivity index (χ0n) is 12.1. The number of nitriles is 1. The van der Waals surface area contributed by atoms with Crippen LogP contribution in [0.4, 0.5) is 5.69 Å². The van der Waals surface area contributed by atoms with Crippen LogP contribution in [-0.4, -0.2) is 11.5 Å². The standard InChI is InChI=1S/C17H15N3S/c1-4-20-12(3)21-16-9-13(7-8-15(16)20)17-14(10-18)6-5-11(2)19-17/h5-9H,3-4H2,1-2H3. The van der Waals surface area contributed by atoms with Gasteiger partial charge in [0.25, 0.3) is 0 Å². The summed E-state index contributed by atoms with van der Waals surface area (Å²) in [5.74, 6) is 0. The lowest BCUT2D eigenvalue weighted by Crippen LogP contribution is -2.15. The Labute approximate surface area is 128 Å². The summed E-state index contributed by atoms with van der Waals surface area (Å²) in [5, 5.41) is 10.3. The van der Waals surface area contributed by atoms with Crippen molar-refractivity contribution in [1.29, 1.82) is 5.26 Å². The van der Waals surface area contributed by atoms with Crippen molar-refractivity contribution in [2.45, 2.75) is 18.7 Å². The normalized spacial score (nSPS) is 13.2. The molecule has 0 spiro atoms. The third-order valence-electron chi connectivity index (χ3n) is 3.52. The van der Waals surface area contributed by atoms with Gasteiger partial charge < -0.3 is 4.90 Å². The molecule has 0 unspecified atom stereocenters. The third kappa shape index (κ3) is 2.30. The van der Waals surface area contributed by atoms with Gasteiger partial charge in [0.1, 0.15) is 6.07 Å². The first kappa shape index (κ1) is 13.7. The van der Waals surface area contributed by atoms with Crippen molar-refractivity contribution in [3.63, 3.8) is 0 Å². The van der Waals surface area contributed by atoms with Crippen molar-refractivity contribution in [2.24, 2.45) is 0 Å². The number of thioether (sulfide) groups is 1. The molecule has 2 aromatic rings. The van der Waals surface area contributed by atoms with Crippen LogP contribution >= 0.6 is 11.8 Å². The fourth-order valence-corrected chi connectivity index (χ4v) is 3.56. The maximum Gasteiger partial charge on any atom is 0.101 e. The Balaban J connectivity index is 2.11. The SMILES string of the molecule is C=C1Sc2cc(-c3nc(C)ccc3C#N)ccc2N1CC. The van der Waals surface area contributed by atoms with Crippen LogP contribution in [0.1, 0.15) is 18.2 Å². The number of hydrogen-bond donors (Lipinski definition) is 0. The monoisotopic (exact) mass is 293 g/mol. The fraction of sp³-hybridized carbons (Fsp3) is 0.176. The Hall–Kier alpha value is -2.25. The van der Waals surface area contributed by atoms with Gasteiger partial charge in [0.15, 0.2) is 0 Å². The summed E-state index contributed by atoms with van der Waals surface area (Å²) < 4.78 is 0. The number of aromatic nitrogens is 1. The van der Waals surface area contributed by atoms with Crippen molar-refractivity contribution >= 4 is 17.4 Å². The largest absolute Gasteiger partial charge is 0.336 e. The summed E-state index contributed by atoms with van der Waals surface area (Å²) >= 11 is 1.67. The predicted octanol–water partition coefficient (Wildman–Crippen LogP) is 4.33. The van der Waals surface area contributed by atoms with E-state index in [0.29, 0.717) is 5.56 Å². The highest BCUT2D eigenvalue weighted by Gasteiger charge is 2.23. The molecular formula is C17H15N3S. The molecular weight excluding hydrogens is 278 g/mol. The molecule has 0 radical (unpaired) electrons. The van der Waals surface area contributed by atoms with E-state index < -0.39 is 0 Å². The van der Waals surface area contributed by atoms with Crippen LogP contribution in [0.3, 0.4) is 0 Å². The van der Waals surface area contributed by atoms with E-state index in [1.54, 1.807) is 11.8 Å². The molecule has 104 valence electrons. The van der Waals surface area contributed by atoms with Gasteiger partial charge in [-0.3, -0.25) is 4.98 Å². The number of anilines is 1. The molecule has 21 heavy (non-hydrogen) atoms. The molecule has 0 atom stereocenters. The second-order valence-electron chi connectivity index (χ2n) is 4.88. The molecule has 0 fully saturated rings. The molecule has 1 aliphatic heterocycles. The van der Waals surface area contributed by atoms with E-state index in [9.17, 15) is 5.26 Å². The predicted molar refractivity (Wildman–Crippen MR) is 87.1 cm³/mol. The Morgan fingerprint density at radius 2 is 2.14 bits per heavy atom. The molecule has 3 rings (SSSR count). The van der Waals surface area contributed by atoms with Crippen LogP contribution in [-0.2, 0) is 0 Å². The Kier molecular flexibility index (Phi) is 3.44. The molecule has 3 nitrogen and oxygen atoms in total. The van der Waals surface area contributed by atoms with E-state index in [0.717, 1.165) is 28.5 Å². The fourth-order valence-electron chi connectivity index (χ4n) is 2.50. The van der Waals surface area contributed by atoms with Crippen LogP contribution in [0.25, 0.3) is 11.3 Å². The second kappa shape index (κ2) is 5.27. The van der Waals surface area contributed by atoms with E-state index in [-0.39, 0.29) is 0 Å². The summed E-state index contributed by atoms with van der Waals surface area (Å²) in [6, 6.07) is 12.1. The van der Waals surface area contributed by atoms with Crippen molar-refractivity contribution in [1.82, 2.24) is 4.98 Å². The van der Waals surface area contributed by atoms with Gasteiger partial charge >= 0.3 is 0 Å². The van der Waals surface area contributed by atoms with Crippen LogP contribution in [0.15, 0.2) is 46.8 Å². The third-order valence-corrected chi connectivity index (χ3v) is 4.53. The summed E-state index contributed by atoms with van der Waals surface area (Å²) in [7, 11) is 0. The Morgan fingerprint density at radius 1 is 1.33 bits per heavy atom. The number of hydrogen-bond acceptors (Lipinski definition) is 4. The average molecular weight is 293 g/mol. The topological polar surface area (TPSA) is 39.9 Å². The van der Waals surface area contributed by atoms with Gasteiger partial charge in [-0.25, -0.2) is 0 Å².